The molecule has 5 heteroatoms. The van der Waals surface area contributed by atoms with Crippen molar-refractivity contribution in [3.8, 4) is 0 Å². The third kappa shape index (κ3) is 2.72. The number of carbonyl (C=O) groups is 1. The van der Waals surface area contributed by atoms with Gasteiger partial charge in [-0.2, -0.15) is 0 Å². The molecule has 0 spiro atoms. The summed E-state index contributed by atoms with van der Waals surface area (Å²) in [5.41, 5.74) is 7.72. The van der Waals surface area contributed by atoms with Crippen LogP contribution in [-0.2, 0) is 6.54 Å². The van der Waals surface area contributed by atoms with E-state index in [9.17, 15) is 4.79 Å². The first-order valence-corrected chi connectivity index (χ1v) is 6.82. The van der Waals surface area contributed by atoms with Gasteiger partial charge >= 0.3 is 0 Å². The molecule has 1 saturated heterocycles. The molecule has 0 bridgehead atoms. The highest BCUT2D eigenvalue weighted by molar-refractivity contribution is 5.94. The molecule has 1 amide bonds. The van der Waals surface area contributed by atoms with E-state index in [-0.39, 0.29) is 11.9 Å². The van der Waals surface area contributed by atoms with Gasteiger partial charge in [-0.05, 0) is 24.1 Å². The fourth-order valence-corrected chi connectivity index (χ4v) is 2.50. The van der Waals surface area contributed by atoms with Crippen molar-refractivity contribution in [1.82, 2.24) is 14.5 Å². The van der Waals surface area contributed by atoms with Gasteiger partial charge in [-0.25, -0.2) is 4.98 Å². The molecule has 20 heavy (non-hydrogen) atoms. The van der Waals surface area contributed by atoms with Gasteiger partial charge < -0.3 is 15.2 Å². The number of nitrogens with zero attached hydrogens (tertiary/aromatic N) is 3. The van der Waals surface area contributed by atoms with Crippen LogP contribution in [0, 0.1) is 0 Å². The summed E-state index contributed by atoms with van der Waals surface area (Å²) in [5, 5.41) is 0. The Balaban J connectivity index is 1.68. The highest BCUT2D eigenvalue weighted by Crippen LogP contribution is 2.13. The lowest BCUT2D eigenvalue weighted by atomic mass is 10.1. The minimum absolute atomic E-state index is 0.0760. The third-order valence-electron chi connectivity index (χ3n) is 3.64. The monoisotopic (exact) mass is 270 g/mol. The summed E-state index contributed by atoms with van der Waals surface area (Å²) in [6.07, 6.45) is 6.36. The van der Waals surface area contributed by atoms with Gasteiger partial charge in [0, 0.05) is 43.6 Å². The maximum Gasteiger partial charge on any atom is 0.253 e. The molecule has 2 N–H and O–H groups in total. The molecule has 0 radical (unpaired) electrons. The number of benzene rings is 1. The molecule has 2 heterocycles. The van der Waals surface area contributed by atoms with Gasteiger partial charge in [0.25, 0.3) is 5.91 Å². The molecule has 3 rings (SSSR count). The third-order valence-corrected chi connectivity index (χ3v) is 3.64. The van der Waals surface area contributed by atoms with Crippen LogP contribution in [0.2, 0.25) is 0 Å². The number of imidazole rings is 1. The summed E-state index contributed by atoms with van der Waals surface area (Å²) < 4.78 is 2.00. The highest BCUT2D eigenvalue weighted by Gasteiger charge is 2.24. The van der Waals surface area contributed by atoms with Crippen LogP contribution in [0.3, 0.4) is 0 Å². The maximum atomic E-state index is 12.3. The highest BCUT2D eigenvalue weighted by atomic mass is 16.2. The van der Waals surface area contributed by atoms with E-state index in [1.165, 1.54) is 0 Å². The zero-order valence-electron chi connectivity index (χ0n) is 11.3. The van der Waals surface area contributed by atoms with Crippen molar-refractivity contribution in [1.29, 1.82) is 0 Å². The van der Waals surface area contributed by atoms with Crippen LogP contribution in [0.4, 0.5) is 0 Å². The van der Waals surface area contributed by atoms with Gasteiger partial charge in [-0.15, -0.1) is 0 Å². The number of aromatic nitrogens is 2. The Labute approximate surface area is 118 Å². The van der Waals surface area contributed by atoms with E-state index < -0.39 is 0 Å². The van der Waals surface area contributed by atoms with E-state index >= 15 is 0 Å². The Bertz CT molecular complexity index is 576. The fourth-order valence-electron chi connectivity index (χ4n) is 2.50. The summed E-state index contributed by atoms with van der Waals surface area (Å²) in [5.74, 6) is 0.0760. The minimum Gasteiger partial charge on any atom is -0.337 e. The van der Waals surface area contributed by atoms with E-state index in [0.29, 0.717) is 6.54 Å². The predicted octanol–water partition coefficient (Wildman–Crippen LogP) is 1.10. The van der Waals surface area contributed by atoms with Crippen LogP contribution in [0.1, 0.15) is 22.3 Å². The topological polar surface area (TPSA) is 64.2 Å². The molecule has 0 saturated carbocycles. The summed E-state index contributed by atoms with van der Waals surface area (Å²) in [6.45, 7) is 2.19. The molecule has 1 aliphatic rings. The first-order chi connectivity index (χ1) is 9.72. The minimum atomic E-state index is 0.0760. The SMILES string of the molecule is N[C@@H]1CCN(C(=O)c2ccc(Cn3ccnc3)cc2)C1. The Kier molecular flexibility index (Phi) is 3.52. The van der Waals surface area contributed by atoms with Gasteiger partial charge in [0.2, 0.25) is 0 Å². The molecule has 2 aromatic rings. The van der Waals surface area contributed by atoms with E-state index in [1.807, 2.05) is 39.9 Å². The lowest BCUT2D eigenvalue weighted by molar-refractivity contribution is 0.0791. The number of hydrogen-bond acceptors (Lipinski definition) is 3. The van der Waals surface area contributed by atoms with E-state index in [1.54, 1.807) is 12.5 Å². The summed E-state index contributed by atoms with van der Waals surface area (Å²) in [6, 6.07) is 7.88. The van der Waals surface area contributed by atoms with Crippen LogP contribution in [0.15, 0.2) is 43.0 Å². The largest absolute Gasteiger partial charge is 0.337 e. The first-order valence-electron chi connectivity index (χ1n) is 6.82. The summed E-state index contributed by atoms with van der Waals surface area (Å²) in [4.78, 5) is 18.1. The number of likely N-dealkylation sites (tertiary alicyclic amines) is 1. The van der Waals surface area contributed by atoms with E-state index in [4.69, 9.17) is 5.73 Å². The number of amides is 1. The maximum absolute atomic E-state index is 12.3. The van der Waals surface area contributed by atoms with Gasteiger partial charge in [0.15, 0.2) is 0 Å². The Hall–Kier alpha value is -2.14. The van der Waals surface area contributed by atoms with Crippen LogP contribution in [-0.4, -0.2) is 39.5 Å². The number of carbonyl (C=O) groups excluding carboxylic acids is 1. The predicted molar refractivity (Wildman–Crippen MR) is 76.3 cm³/mol. The number of nitrogens with two attached hydrogens (primary N) is 1. The van der Waals surface area contributed by atoms with Gasteiger partial charge in [-0.3, -0.25) is 4.79 Å². The Morgan fingerprint density at radius 2 is 2.15 bits per heavy atom. The lowest BCUT2D eigenvalue weighted by Gasteiger charge is -2.16. The normalized spacial score (nSPS) is 18.4. The molecule has 0 aliphatic carbocycles. The van der Waals surface area contributed by atoms with Crippen molar-refractivity contribution >= 4 is 5.91 Å². The average Bonchev–Trinajstić information content (AvgIpc) is 3.10. The van der Waals surface area contributed by atoms with Crippen LogP contribution in [0.5, 0.6) is 0 Å². The second-order valence-corrected chi connectivity index (χ2v) is 5.23. The Morgan fingerprint density at radius 1 is 1.35 bits per heavy atom. The van der Waals surface area contributed by atoms with Crippen LogP contribution < -0.4 is 5.73 Å². The number of hydrogen-bond donors (Lipinski definition) is 1. The van der Waals surface area contributed by atoms with Gasteiger partial charge in [-0.1, -0.05) is 12.1 Å². The quantitative estimate of drug-likeness (QED) is 0.908. The zero-order chi connectivity index (χ0) is 13.9. The second kappa shape index (κ2) is 5.46. The molecule has 5 nitrogen and oxygen atoms in total. The molecule has 1 aromatic carbocycles. The van der Waals surface area contributed by atoms with Crippen molar-refractivity contribution in [2.75, 3.05) is 13.1 Å². The first kappa shape index (κ1) is 12.9. The summed E-state index contributed by atoms with van der Waals surface area (Å²) >= 11 is 0. The molecule has 1 aromatic heterocycles. The molecule has 1 fully saturated rings. The van der Waals surface area contributed by atoms with Gasteiger partial charge in [0.1, 0.15) is 0 Å². The zero-order valence-corrected chi connectivity index (χ0v) is 11.3. The second-order valence-electron chi connectivity index (χ2n) is 5.23. The molecule has 0 unspecified atom stereocenters. The fraction of sp³-hybridized carbons (Fsp3) is 0.333. The molecular weight excluding hydrogens is 252 g/mol. The van der Waals surface area contributed by atoms with Crippen molar-refractivity contribution in [3.05, 3.63) is 54.1 Å². The Morgan fingerprint density at radius 3 is 2.75 bits per heavy atom. The molecule has 1 atom stereocenters. The molecular formula is C15H18N4O. The smallest absolute Gasteiger partial charge is 0.253 e. The van der Waals surface area contributed by atoms with E-state index in [0.717, 1.165) is 30.6 Å². The molecule has 1 aliphatic heterocycles. The number of rotatable bonds is 3. The van der Waals surface area contributed by atoms with Crippen molar-refractivity contribution in [3.63, 3.8) is 0 Å². The van der Waals surface area contributed by atoms with Crippen LogP contribution >= 0.6 is 0 Å². The standard InChI is InChI=1S/C15H18N4O/c16-14-5-7-19(10-14)15(20)13-3-1-12(2-4-13)9-18-8-6-17-11-18/h1-4,6,8,11,14H,5,7,9-10,16H2/t14-/m1/s1. The van der Waals surface area contributed by atoms with Gasteiger partial charge in [0.05, 0.1) is 6.33 Å². The van der Waals surface area contributed by atoms with Crippen molar-refractivity contribution in [2.24, 2.45) is 5.73 Å². The van der Waals surface area contributed by atoms with Crippen molar-refractivity contribution in [2.45, 2.75) is 19.0 Å². The van der Waals surface area contributed by atoms with Crippen LogP contribution in [0.25, 0.3) is 0 Å². The summed E-state index contributed by atoms with van der Waals surface area (Å²) in [7, 11) is 0. The van der Waals surface area contributed by atoms with E-state index in [2.05, 4.69) is 4.98 Å². The lowest BCUT2D eigenvalue weighted by Crippen LogP contribution is -2.31. The average molecular weight is 270 g/mol. The van der Waals surface area contributed by atoms with Crippen molar-refractivity contribution < 1.29 is 4.79 Å². The molecule has 104 valence electrons.